The lowest BCUT2D eigenvalue weighted by Crippen LogP contribution is -2.23. The van der Waals surface area contributed by atoms with Crippen molar-refractivity contribution in [3.05, 3.63) is 34.3 Å². The van der Waals surface area contributed by atoms with Crippen molar-refractivity contribution in [2.75, 3.05) is 7.05 Å². The normalized spacial score (nSPS) is 12.9. The molecule has 2 heteroatoms. The predicted octanol–water partition coefficient (Wildman–Crippen LogP) is 2.60. The maximum absolute atomic E-state index is 3.53. The predicted molar refractivity (Wildman–Crippen MR) is 56.4 cm³/mol. The van der Waals surface area contributed by atoms with Crippen molar-refractivity contribution in [2.24, 2.45) is 0 Å². The third-order valence-electron chi connectivity index (χ3n) is 1.98. The Balaban J connectivity index is 2.69. The lowest BCUT2D eigenvalue weighted by atomic mass is 10.1. The molecule has 1 aromatic carbocycles. The fourth-order valence-electron chi connectivity index (χ4n) is 1.10. The molecule has 0 radical (unpaired) electrons. The molecule has 0 aliphatic rings. The van der Waals surface area contributed by atoms with Crippen molar-refractivity contribution in [3.63, 3.8) is 0 Å². The van der Waals surface area contributed by atoms with E-state index in [0.29, 0.717) is 6.04 Å². The maximum Gasteiger partial charge on any atom is 0.0207 e. The van der Waals surface area contributed by atoms with E-state index in [0.717, 1.165) is 6.42 Å². The van der Waals surface area contributed by atoms with Crippen LogP contribution < -0.4 is 5.32 Å². The van der Waals surface area contributed by atoms with E-state index in [9.17, 15) is 0 Å². The highest BCUT2D eigenvalue weighted by atomic mass is 79.9. The topological polar surface area (TPSA) is 12.0 Å². The SMILES string of the molecule is CN[C@@H](C)Cc1ccccc1Br. The molecular formula is C10H14BrN. The van der Waals surface area contributed by atoms with Gasteiger partial charge < -0.3 is 5.32 Å². The van der Waals surface area contributed by atoms with Crippen molar-refractivity contribution in [1.29, 1.82) is 0 Å². The first-order chi connectivity index (χ1) is 5.74. The second-order valence-corrected chi connectivity index (χ2v) is 3.84. The quantitative estimate of drug-likeness (QED) is 0.838. The zero-order chi connectivity index (χ0) is 8.97. The zero-order valence-corrected chi connectivity index (χ0v) is 9.06. The van der Waals surface area contributed by atoms with Crippen molar-refractivity contribution in [1.82, 2.24) is 5.32 Å². The van der Waals surface area contributed by atoms with Gasteiger partial charge in [0.05, 0.1) is 0 Å². The van der Waals surface area contributed by atoms with Gasteiger partial charge in [0.1, 0.15) is 0 Å². The molecule has 1 nitrogen and oxygen atoms in total. The number of halogens is 1. The molecular weight excluding hydrogens is 214 g/mol. The lowest BCUT2D eigenvalue weighted by Gasteiger charge is -2.10. The van der Waals surface area contributed by atoms with Crippen LogP contribution in [-0.2, 0) is 6.42 Å². The number of benzene rings is 1. The Morgan fingerprint density at radius 2 is 2.08 bits per heavy atom. The monoisotopic (exact) mass is 227 g/mol. The Kier molecular flexibility index (Phi) is 3.76. The van der Waals surface area contributed by atoms with E-state index in [1.165, 1.54) is 10.0 Å². The molecule has 0 heterocycles. The van der Waals surface area contributed by atoms with Gasteiger partial charge >= 0.3 is 0 Å². The van der Waals surface area contributed by atoms with Crippen molar-refractivity contribution < 1.29 is 0 Å². The van der Waals surface area contributed by atoms with E-state index < -0.39 is 0 Å². The van der Waals surface area contributed by atoms with Crippen LogP contribution in [0.1, 0.15) is 12.5 Å². The summed E-state index contributed by atoms with van der Waals surface area (Å²) in [5.74, 6) is 0. The van der Waals surface area contributed by atoms with Gasteiger partial charge in [0.2, 0.25) is 0 Å². The molecule has 66 valence electrons. The molecule has 1 N–H and O–H groups in total. The molecule has 1 atom stereocenters. The third-order valence-corrected chi connectivity index (χ3v) is 2.75. The molecule has 0 unspecified atom stereocenters. The fraction of sp³-hybridized carbons (Fsp3) is 0.400. The Hall–Kier alpha value is -0.340. The summed E-state index contributed by atoms with van der Waals surface area (Å²) in [6, 6.07) is 8.87. The fourth-order valence-corrected chi connectivity index (χ4v) is 1.54. The Morgan fingerprint density at radius 3 is 2.67 bits per heavy atom. The van der Waals surface area contributed by atoms with Crippen LogP contribution in [0.5, 0.6) is 0 Å². The highest BCUT2D eigenvalue weighted by molar-refractivity contribution is 9.10. The van der Waals surface area contributed by atoms with Gasteiger partial charge in [0.25, 0.3) is 0 Å². The summed E-state index contributed by atoms with van der Waals surface area (Å²) in [7, 11) is 1.99. The smallest absolute Gasteiger partial charge is 0.0207 e. The van der Waals surface area contributed by atoms with E-state index in [4.69, 9.17) is 0 Å². The van der Waals surface area contributed by atoms with Crippen molar-refractivity contribution in [2.45, 2.75) is 19.4 Å². The molecule has 1 aromatic rings. The molecule has 0 saturated carbocycles. The van der Waals surface area contributed by atoms with E-state index in [1.54, 1.807) is 0 Å². The summed E-state index contributed by atoms with van der Waals surface area (Å²) in [4.78, 5) is 0. The molecule has 0 amide bonds. The summed E-state index contributed by atoms with van der Waals surface area (Å²) in [5.41, 5.74) is 1.36. The standard InChI is InChI=1S/C10H14BrN/c1-8(12-2)7-9-5-3-4-6-10(9)11/h3-6,8,12H,7H2,1-2H3/t8-/m0/s1. The minimum Gasteiger partial charge on any atom is -0.317 e. The summed E-state index contributed by atoms with van der Waals surface area (Å²) in [6.07, 6.45) is 1.07. The summed E-state index contributed by atoms with van der Waals surface area (Å²) < 4.78 is 1.20. The first-order valence-corrected chi connectivity index (χ1v) is 4.94. The van der Waals surface area contributed by atoms with E-state index >= 15 is 0 Å². The average molecular weight is 228 g/mol. The number of nitrogens with one attached hydrogen (secondary N) is 1. The van der Waals surface area contributed by atoms with Gasteiger partial charge in [-0.3, -0.25) is 0 Å². The van der Waals surface area contributed by atoms with Crippen LogP contribution in [0.3, 0.4) is 0 Å². The van der Waals surface area contributed by atoms with Crippen LogP contribution in [0.15, 0.2) is 28.7 Å². The van der Waals surface area contributed by atoms with Crippen LogP contribution in [0.4, 0.5) is 0 Å². The first kappa shape index (κ1) is 9.75. The molecule has 0 spiro atoms. The molecule has 0 aliphatic carbocycles. The molecule has 0 aliphatic heterocycles. The third kappa shape index (κ3) is 2.61. The van der Waals surface area contributed by atoms with Gasteiger partial charge in [0.15, 0.2) is 0 Å². The van der Waals surface area contributed by atoms with Gasteiger partial charge in [-0.15, -0.1) is 0 Å². The van der Waals surface area contributed by atoms with Gasteiger partial charge in [0, 0.05) is 10.5 Å². The summed E-state index contributed by atoms with van der Waals surface area (Å²) >= 11 is 3.53. The van der Waals surface area contributed by atoms with Crippen LogP contribution >= 0.6 is 15.9 Å². The number of rotatable bonds is 3. The molecule has 0 fully saturated rings. The second-order valence-electron chi connectivity index (χ2n) is 2.99. The summed E-state index contributed by atoms with van der Waals surface area (Å²) in [5, 5.41) is 3.22. The number of hydrogen-bond donors (Lipinski definition) is 1. The van der Waals surface area contributed by atoms with Gasteiger partial charge in [-0.05, 0) is 32.0 Å². The van der Waals surface area contributed by atoms with Crippen molar-refractivity contribution in [3.8, 4) is 0 Å². The lowest BCUT2D eigenvalue weighted by molar-refractivity contribution is 0.607. The van der Waals surface area contributed by atoms with Crippen LogP contribution in [-0.4, -0.2) is 13.1 Å². The van der Waals surface area contributed by atoms with Crippen LogP contribution in [0.2, 0.25) is 0 Å². The molecule has 1 rings (SSSR count). The van der Waals surface area contributed by atoms with E-state index in [-0.39, 0.29) is 0 Å². The van der Waals surface area contributed by atoms with Gasteiger partial charge in [-0.25, -0.2) is 0 Å². The Bertz CT molecular complexity index is 247. The molecule has 0 saturated heterocycles. The largest absolute Gasteiger partial charge is 0.317 e. The second kappa shape index (κ2) is 4.63. The van der Waals surface area contributed by atoms with Crippen LogP contribution in [0.25, 0.3) is 0 Å². The van der Waals surface area contributed by atoms with E-state index in [1.807, 2.05) is 13.1 Å². The molecule has 0 aromatic heterocycles. The van der Waals surface area contributed by atoms with Crippen molar-refractivity contribution >= 4 is 15.9 Å². The minimum absolute atomic E-state index is 0.531. The minimum atomic E-state index is 0.531. The zero-order valence-electron chi connectivity index (χ0n) is 7.47. The Labute approximate surface area is 82.3 Å². The molecule has 0 bridgehead atoms. The van der Waals surface area contributed by atoms with Gasteiger partial charge in [-0.2, -0.15) is 0 Å². The van der Waals surface area contributed by atoms with Crippen LogP contribution in [0, 0.1) is 0 Å². The first-order valence-electron chi connectivity index (χ1n) is 4.14. The Morgan fingerprint density at radius 1 is 1.42 bits per heavy atom. The van der Waals surface area contributed by atoms with E-state index in [2.05, 4.69) is 46.4 Å². The highest BCUT2D eigenvalue weighted by Gasteiger charge is 2.02. The molecule has 12 heavy (non-hydrogen) atoms. The highest BCUT2D eigenvalue weighted by Crippen LogP contribution is 2.17. The van der Waals surface area contributed by atoms with Gasteiger partial charge in [-0.1, -0.05) is 34.1 Å². The summed E-state index contributed by atoms with van der Waals surface area (Å²) in [6.45, 7) is 2.18. The average Bonchev–Trinajstić information content (AvgIpc) is 2.09. The number of hydrogen-bond acceptors (Lipinski definition) is 1. The maximum atomic E-state index is 3.53. The number of likely N-dealkylation sites (N-methyl/N-ethyl adjacent to an activating group) is 1.